The number of Topliss-reactive ketones (excluding diaryl/α,β-unsaturated/α-hetero) is 1. The first-order chi connectivity index (χ1) is 11.6. The number of fused-ring (bicyclic) bond motifs is 1. The number of aryl methyl sites for hydroxylation is 2. The van der Waals surface area contributed by atoms with Gasteiger partial charge in [0.1, 0.15) is 12.6 Å². The predicted octanol–water partition coefficient (Wildman–Crippen LogP) is 2.42. The van der Waals surface area contributed by atoms with Gasteiger partial charge in [-0.25, -0.2) is 0 Å². The highest BCUT2D eigenvalue weighted by Gasteiger charge is 2.33. The van der Waals surface area contributed by atoms with Crippen LogP contribution in [0.5, 0.6) is 0 Å². The Labute approximate surface area is 142 Å². The van der Waals surface area contributed by atoms with Crippen molar-refractivity contribution in [2.75, 3.05) is 13.1 Å². The first-order valence-corrected chi connectivity index (χ1v) is 8.71. The van der Waals surface area contributed by atoms with Crippen LogP contribution in [0.15, 0.2) is 42.6 Å². The number of nitrogens with one attached hydrogen (secondary N) is 2. The van der Waals surface area contributed by atoms with Gasteiger partial charge in [-0.3, -0.25) is 4.79 Å². The van der Waals surface area contributed by atoms with Crippen LogP contribution in [-0.4, -0.2) is 28.4 Å². The number of H-pyrrole nitrogens is 1. The summed E-state index contributed by atoms with van der Waals surface area (Å²) in [6.07, 6.45) is 4.44. The van der Waals surface area contributed by atoms with Gasteiger partial charge in [0.05, 0.1) is 17.8 Å². The molecule has 0 bridgehead atoms. The van der Waals surface area contributed by atoms with Crippen molar-refractivity contribution < 1.29 is 9.69 Å². The highest BCUT2D eigenvalue weighted by molar-refractivity contribution is 6.09. The zero-order chi connectivity index (χ0) is 16.7. The fourth-order valence-corrected chi connectivity index (χ4v) is 4.25. The van der Waals surface area contributed by atoms with E-state index in [4.69, 9.17) is 0 Å². The van der Waals surface area contributed by atoms with E-state index in [0.717, 1.165) is 35.1 Å². The summed E-state index contributed by atoms with van der Waals surface area (Å²) in [6, 6.07) is 12.8. The average molecular weight is 322 g/mol. The van der Waals surface area contributed by atoms with E-state index in [-0.39, 0.29) is 5.78 Å². The molecule has 0 spiro atoms. The lowest BCUT2D eigenvalue weighted by Crippen LogP contribution is -3.11. The molecule has 2 atom stereocenters. The molecular weight excluding hydrogens is 298 g/mol. The van der Waals surface area contributed by atoms with Gasteiger partial charge in [-0.2, -0.15) is 0 Å². The maximum Gasteiger partial charge on any atom is 0.219 e. The molecule has 2 aromatic heterocycles. The van der Waals surface area contributed by atoms with E-state index in [2.05, 4.69) is 34.9 Å². The van der Waals surface area contributed by atoms with Gasteiger partial charge in [-0.05, 0) is 25.1 Å². The van der Waals surface area contributed by atoms with Crippen molar-refractivity contribution in [1.29, 1.82) is 0 Å². The Morgan fingerprint density at radius 2 is 2.12 bits per heavy atom. The third-order valence-electron chi connectivity index (χ3n) is 5.38. The van der Waals surface area contributed by atoms with Gasteiger partial charge in [0, 0.05) is 42.7 Å². The van der Waals surface area contributed by atoms with E-state index >= 15 is 0 Å². The molecule has 1 saturated heterocycles. The Morgan fingerprint density at radius 1 is 1.29 bits per heavy atom. The molecule has 4 nitrogen and oxygen atoms in total. The van der Waals surface area contributed by atoms with Crippen LogP contribution in [0.1, 0.15) is 40.6 Å². The van der Waals surface area contributed by atoms with Crippen molar-refractivity contribution >= 4 is 16.7 Å². The number of aromatic nitrogens is 2. The van der Waals surface area contributed by atoms with E-state index in [1.807, 2.05) is 31.2 Å². The van der Waals surface area contributed by atoms with Crippen molar-refractivity contribution in [3.8, 4) is 0 Å². The van der Waals surface area contributed by atoms with Crippen LogP contribution >= 0.6 is 0 Å². The largest absolute Gasteiger partial charge is 0.358 e. The van der Waals surface area contributed by atoms with Gasteiger partial charge in [0.15, 0.2) is 0 Å². The number of hydrogen-bond donors (Lipinski definition) is 2. The van der Waals surface area contributed by atoms with Crippen LogP contribution in [0.4, 0.5) is 0 Å². The lowest BCUT2D eigenvalue weighted by atomic mass is 10.1. The lowest BCUT2D eigenvalue weighted by molar-refractivity contribution is -0.910. The standard InChI is InChI=1S/C20H23N3O/c1-14-20(15-7-3-4-8-16(15)21-14)19(24)13-23-12-6-10-18(23)17-9-5-11-22(17)2/h3-5,7-9,11,18,21H,6,10,12-13H2,1-2H3/p+1/t18-/m0/s1. The molecule has 124 valence electrons. The number of hydrogen-bond acceptors (Lipinski definition) is 1. The number of para-hydroxylation sites is 1. The molecule has 24 heavy (non-hydrogen) atoms. The number of rotatable bonds is 4. The second-order valence-corrected chi connectivity index (χ2v) is 6.92. The summed E-state index contributed by atoms with van der Waals surface area (Å²) >= 11 is 0. The molecule has 1 aliphatic heterocycles. The van der Waals surface area contributed by atoms with Crippen LogP contribution in [0.25, 0.3) is 10.9 Å². The van der Waals surface area contributed by atoms with Gasteiger partial charge < -0.3 is 14.5 Å². The van der Waals surface area contributed by atoms with Gasteiger partial charge in [-0.15, -0.1) is 0 Å². The molecule has 0 amide bonds. The molecule has 3 aromatic rings. The van der Waals surface area contributed by atoms with Crippen molar-refractivity contribution in [1.82, 2.24) is 9.55 Å². The number of carbonyl (C=O) groups excluding carboxylic acids is 1. The van der Waals surface area contributed by atoms with E-state index in [9.17, 15) is 4.79 Å². The molecule has 1 fully saturated rings. The molecule has 2 N–H and O–H groups in total. The second-order valence-electron chi connectivity index (χ2n) is 6.92. The molecule has 3 heterocycles. The molecule has 1 aromatic carbocycles. The Hall–Kier alpha value is -2.33. The van der Waals surface area contributed by atoms with Gasteiger partial charge >= 0.3 is 0 Å². The number of ketones is 1. The Morgan fingerprint density at radius 3 is 2.92 bits per heavy atom. The van der Waals surface area contributed by atoms with E-state index < -0.39 is 0 Å². The molecular formula is C20H24N3O+. The van der Waals surface area contributed by atoms with Crippen LogP contribution in [0.3, 0.4) is 0 Å². The zero-order valence-electron chi connectivity index (χ0n) is 14.3. The van der Waals surface area contributed by atoms with Crippen molar-refractivity contribution in [3.63, 3.8) is 0 Å². The molecule has 4 rings (SSSR count). The summed E-state index contributed by atoms with van der Waals surface area (Å²) in [6.45, 7) is 3.64. The zero-order valence-corrected chi connectivity index (χ0v) is 14.3. The van der Waals surface area contributed by atoms with Gasteiger partial charge in [0.2, 0.25) is 5.78 Å². The number of benzene rings is 1. The topological polar surface area (TPSA) is 42.2 Å². The molecule has 0 saturated carbocycles. The van der Waals surface area contributed by atoms with Gasteiger partial charge in [-0.1, -0.05) is 18.2 Å². The first-order valence-electron chi connectivity index (χ1n) is 8.71. The SMILES string of the molecule is Cc1[nH]c2ccccc2c1C(=O)C[NH+]1CCC[C@H]1c1cccn1C. The number of quaternary nitrogens is 1. The predicted molar refractivity (Wildman–Crippen MR) is 95.5 cm³/mol. The first kappa shape index (κ1) is 15.2. The van der Waals surface area contributed by atoms with E-state index in [1.165, 1.54) is 17.0 Å². The fraction of sp³-hybridized carbons (Fsp3) is 0.350. The monoisotopic (exact) mass is 322 g/mol. The fourth-order valence-electron chi connectivity index (χ4n) is 4.25. The number of nitrogens with zero attached hydrogens (tertiary/aromatic N) is 1. The quantitative estimate of drug-likeness (QED) is 0.712. The smallest absolute Gasteiger partial charge is 0.219 e. The second kappa shape index (κ2) is 5.95. The third-order valence-corrected chi connectivity index (χ3v) is 5.38. The summed E-state index contributed by atoms with van der Waals surface area (Å²) in [5, 5.41) is 1.05. The average Bonchev–Trinajstić information content (AvgIpc) is 3.24. The number of likely N-dealkylation sites (tertiary alicyclic amines) is 1. The summed E-state index contributed by atoms with van der Waals surface area (Å²) in [5.74, 6) is 0.251. The molecule has 1 unspecified atom stereocenters. The third kappa shape index (κ3) is 2.47. The molecule has 0 radical (unpaired) electrons. The lowest BCUT2D eigenvalue weighted by Gasteiger charge is -2.21. The van der Waals surface area contributed by atoms with Crippen LogP contribution < -0.4 is 4.90 Å². The van der Waals surface area contributed by atoms with Crippen molar-refractivity contribution in [2.24, 2.45) is 7.05 Å². The summed E-state index contributed by atoms with van der Waals surface area (Å²) in [4.78, 5) is 17.8. The van der Waals surface area contributed by atoms with Crippen molar-refractivity contribution in [3.05, 3.63) is 59.5 Å². The highest BCUT2D eigenvalue weighted by atomic mass is 16.1. The van der Waals surface area contributed by atoms with Crippen LogP contribution in [0.2, 0.25) is 0 Å². The summed E-state index contributed by atoms with van der Waals surface area (Å²) in [5.41, 5.74) is 4.24. The maximum absolute atomic E-state index is 13.0. The minimum absolute atomic E-state index is 0.251. The summed E-state index contributed by atoms with van der Waals surface area (Å²) in [7, 11) is 2.09. The van der Waals surface area contributed by atoms with Crippen LogP contribution in [-0.2, 0) is 7.05 Å². The molecule has 1 aliphatic rings. The minimum Gasteiger partial charge on any atom is -0.358 e. The summed E-state index contributed by atoms with van der Waals surface area (Å²) < 4.78 is 2.19. The van der Waals surface area contributed by atoms with E-state index in [1.54, 1.807) is 0 Å². The van der Waals surface area contributed by atoms with E-state index in [0.29, 0.717) is 12.6 Å². The number of carbonyl (C=O) groups is 1. The Bertz CT molecular complexity index is 889. The number of aromatic amines is 1. The maximum atomic E-state index is 13.0. The Kier molecular flexibility index (Phi) is 3.77. The van der Waals surface area contributed by atoms with Crippen molar-refractivity contribution in [2.45, 2.75) is 25.8 Å². The molecule has 4 heteroatoms. The van der Waals surface area contributed by atoms with Gasteiger partial charge in [0.25, 0.3) is 0 Å². The normalized spacial score (nSPS) is 20.8. The minimum atomic E-state index is 0.251. The highest BCUT2D eigenvalue weighted by Crippen LogP contribution is 2.23. The molecule has 0 aliphatic carbocycles. The Balaban J connectivity index is 1.61. The van der Waals surface area contributed by atoms with Crippen LogP contribution in [0, 0.1) is 6.92 Å².